The lowest BCUT2D eigenvalue weighted by Gasteiger charge is -2.29. The van der Waals surface area contributed by atoms with Gasteiger partial charge in [0.2, 0.25) is 0 Å². The summed E-state index contributed by atoms with van der Waals surface area (Å²) in [5, 5.41) is 8.68. The molecule has 1 fully saturated rings. The third-order valence-corrected chi connectivity index (χ3v) is 6.72. The quantitative estimate of drug-likeness (QED) is 0.407. The number of nitrogens with zero attached hydrogens (tertiary/aromatic N) is 1. The van der Waals surface area contributed by atoms with Crippen molar-refractivity contribution in [2.75, 3.05) is 0 Å². The maximum absolute atomic E-state index is 14.7. The molecule has 0 unspecified atom stereocenters. The number of unbranched alkanes of at least 4 members (excludes halogenated alkanes) is 1. The molecule has 0 saturated heterocycles. The number of hydrogen-bond acceptors (Lipinski definition) is 1. The van der Waals surface area contributed by atoms with Crippen LogP contribution in [-0.2, 0) is 0 Å². The summed E-state index contributed by atoms with van der Waals surface area (Å²) in [5.74, 6) is -1.50. The SMILES string of the molecule is CCCCC1CCC(c2ccc(-c3cc(F)c4c(F)c(C#N)c(F)cc4c3)cc2)CC1. The van der Waals surface area contributed by atoms with Crippen LogP contribution < -0.4 is 0 Å². The van der Waals surface area contributed by atoms with Gasteiger partial charge in [-0.1, -0.05) is 50.5 Å². The Kier molecular flexibility index (Phi) is 6.32. The van der Waals surface area contributed by atoms with Crippen molar-refractivity contribution < 1.29 is 13.2 Å². The fourth-order valence-corrected chi connectivity index (χ4v) is 4.91. The average Bonchev–Trinajstić information content (AvgIpc) is 2.78. The molecule has 4 rings (SSSR count). The van der Waals surface area contributed by atoms with E-state index >= 15 is 0 Å². The third-order valence-electron chi connectivity index (χ3n) is 6.72. The molecule has 0 aromatic heterocycles. The molecule has 0 spiro atoms. The van der Waals surface area contributed by atoms with Gasteiger partial charge in [0, 0.05) is 0 Å². The standard InChI is InChI=1S/C27H26F3N/c1-2-3-4-17-5-7-18(8-6-17)19-9-11-20(12-10-19)21-13-22-15-24(28)23(16-31)27(30)26(22)25(29)14-21/h9-15,17-18H,2-8H2,1H3. The van der Waals surface area contributed by atoms with Gasteiger partial charge in [0.15, 0.2) is 5.82 Å². The molecule has 0 N–H and O–H groups in total. The highest BCUT2D eigenvalue weighted by Gasteiger charge is 2.22. The van der Waals surface area contributed by atoms with Gasteiger partial charge in [-0.05, 0) is 77.8 Å². The monoisotopic (exact) mass is 421 g/mol. The fraction of sp³-hybridized carbons (Fsp3) is 0.370. The smallest absolute Gasteiger partial charge is 0.154 e. The van der Waals surface area contributed by atoms with Crippen LogP contribution in [0.25, 0.3) is 21.9 Å². The zero-order valence-corrected chi connectivity index (χ0v) is 17.7. The van der Waals surface area contributed by atoms with Crippen LogP contribution in [0.2, 0.25) is 0 Å². The number of benzene rings is 3. The minimum absolute atomic E-state index is 0.110. The highest BCUT2D eigenvalue weighted by atomic mass is 19.1. The molecule has 1 saturated carbocycles. The van der Waals surface area contributed by atoms with Crippen LogP contribution in [0.3, 0.4) is 0 Å². The van der Waals surface area contributed by atoms with Crippen LogP contribution in [0.4, 0.5) is 13.2 Å². The Morgan fingerprint density at radius 3 is 2.26 bits per heavy atom. The Labute approximate surface area is 181 Å². The lowest BCUT2D eigenvalue weighted by atomic mass is 9.77. The molecule has 3 aromatic rings. The van der Waals surface area contributed by atoms with Crippen molar-refractivity contribution in [2.24, 2.45) is 5.92 Å². The van der Waals surface area contributed by atoms with Crippen LogP contribution in [0, 0.1) is 34.7 Å². The highest BCUT2D eigenvalue weighted by molar-refractivity contribution is 5.89. The predicted molar refractivity (Wildman–Crippen MR) is 118 cm³/mol. The molecular weight excluding hydrogens is 395 g/mol. The first-order valence-electron chi connectivity index (χ1n) is 11.1. The summed E-state index contributed by atoms with van der Waals surface area (Å²) < 4.78 is 43.1. The van der Waals surface area contributed by atoms with Crippen molar-refractivity contribution in [2.45, 2.75) is 57.8 Å². The summed E-state index contributed by atoms with van der Waals surface area (Å²) in [6.07, 6.45) is 8.89. The lowest BCUT2D eigenvalue weighted by molar-refractivity contribution is 0.304. The molecule has 0 bridgehead atoms. The Hall–Kier alpha value is -2.80. The van der Waals surface area contributed by atoms with Crippen molar-refractivity contribution >= 4 is 10.8 Å². The maximum atomic E-state index is 14.7. The second-order valence-electron chi connectivity index (χ2n) is 8.70. The zero-order valence-electron chi connectivity index (χ0n) is 17.7. The Balaban J connectivity index is 1.56. The minimum atomic E-state index is -1.15. The molecule has 0 amide bonds. The molecule has 1 aliphatic rings. The van der Waals surface area contributed by atoms with E-state index in [1.54, 1.807) is 6.07 Å². The summed E-state index contributed by atoms with van der Waals surface area (Å²) in [5.41, 5.74) is 1.90. The van der Waals surface area contributed by atoms with Gasteiger partial charge in [0.25, 0.3) is 0 Å². The Bertz CT molecular complexity index is 1120. The second-order valence-corrected chi connectivity index (χ2v) is 8.70. The Morgan fingerprint density at radius 2 is 1.61 bits per heavy atom. The van der Waals surface area contributed by atoms with E-state index in [4.69, 9.17) is 5.26 Å². The van der Waals surface area contributed by atoms with Crippen LogP contribution in [0.1, 0.15) is 68.9 Å². The van der Waals surface area contributed by atoms with Gasteiger partial charge in [-0.2, -0.15) is 5.26 Å². The number of halogens is 3. The van der Waals surface area contributed by atoms with E-state index in [9.17, 15) is 13.2 Å². The predicted octanol–water partition coefficient (Wildman–Crippen LogP) is 8.26. The van der Waals surface area contributed by atoms with Crippen LogP contribution in [0.15, 0.2) is 42.5 Å². The number of hydrogen-bond donors (Lipinski definition) is 0. The molecule has 3 aromatic carbocycles. The summed E-state index contributed by atoms with van der Waals surface area (Å²) in [7, 11) is 0. The lowest BCUT2D eigenvalue weighted by Crippen LogP contribution is -2.13. The molecule has 4 heteroatoms. The van der Waals surface area contributed by atoms with Gasteiger partial charge in [-0.25, -0.2) is 13.2 Å². The first kappa shape index (κ1) is 21.4. The summed E-state index contributed by atoms with van der Waals surface area (Å²) in [4.78, 5) is 0. The van der Waals surface area contributed by atoms with Gasteiger partial charge in [-0.3, -0.25) is 0 Å². The van der Waals surface area contributed by atoms with Crippen molar-refractivity contribution in [1.29, 1.82) is 5.26 Å². The summed E-state index contributed by atoms with van der Waals surface area (Å²) in [6, 6.07) is 13.4. The van der Waals surface area contributed by atoms with Crippen LogP contribution >= 0.6 is 0 Å². The first-order chi connectivity index (χ1) is 15.0. The molecule has 0 heterocycles. The fourth-order valence-electron chi connectivity index (χ4n) is 4.91. The van der Waals surface area contributed by atoms with E-state index in [-0.39, 0.29) is 10.8 Å². The van der Waals surface area contributed by atoms with E-state index in [1.165, 1.54) is 62.6 Å². The normalized spacial score (nSPS) is 18.8. The van der Waals surface area contributed by atoms with Crippen LogP contribution in [-0.4, -0.2) is 0 Å². The molecule has 1 aliphatic carbocycles. The van der Waals surface area contributed by atoms with E-state index < -0.39 is 23.0 Å². The second kappa shape index (κ2) is 9.14. The highest BCUT2D eigenvalue weighted by Crippen LogP contribution is 2.38. The van der Waals surface area contributed by atoms with Gasteiger partial charge < -0.3 is 0 Å². The molecule has 0 atom stereocenters. The first-order valence-corrected chi connectivity index (χ1v) is 11.1. The summed E-state index contributed by atoms with van der Waals surface area (Å²) >= 11 is 0. The molecule has 160 valence electrons. The minimum Gasteiger partial charge on any atom is -0.206 e. The maximum Gasteiger partial charge on any atom is 0.154 e. The van der Waals surface area contributed by atoms with E-state index in [0.717, 1.165) is 17.5 Å². The molecule has 1 nitrogen and oxygen atoms in total. The van der Waals surface area contributed by atoms with Gasteiger partial charge >= 0.3 is 0 Å². The largest absolute Gasteiger partial charge is 0.206 e. The molecule has 0 radical (unpaired) electrons. The van der Waals surface area contributed by atoms with Crippen molar-refractivity contribution in [3.05, 3.63) is 71.0 Å². The van der Waals surface area contributed by atoms with Gasteiger partial charge in [0.1, 0.15) is 23.3 Å². The molecular formula is C27H26F3N. The number of rotatable bonds is 5. The van der Waals surface area contributed by atoms with Crippen molar-refractivity contribution in [3.8, 4) is 17.2 Å². The molecule has 0 aliphatic heterocycles. The number of nitriles is 1. The topological polar surface area (TPSA) is 23.8 Å². The average molecular weight is 422 g/mol. The third kappa shape index (κ3) is 4.32. The Morgan fingerprint density at radius 1 is 0.903 bits per heavy atom. The van der Waals surface area contributed by atoms with E-state index in [0.29, 0.717) is 11.5 Å². The van der Waals surface area contributed by atoms with Crippen LogP contribution in [0.5, 0.6) is 0 Å². The van der Waals surface area contributed by atoms with E-state index in [1.807, 2.05) is 12.1 Å². The van der Waals surface area contributed by atoms with Crippen molar-refractivity contribution in [1.82, 2.24) is 0 Å². The number of fused-ring (bicyclic) bond motifs is 1. The van der Waals surface area contributed by atoms with Gasteiger partial charge in [0.05, 0.1) is 5.39 Å². The van der Waals surface area contributed by atoms with Crippen molar-refractivity contribution in [3.63, 3.8) is 0 Å². The summed E-state index contributed by atoms with van der Waals surface area (Å²) in [6.45, 7) is 2.24. The van der Waals surface area contributed by atoms with E-state index in [2.05, 4.69) is 19.1 Å². The van der Waals surface area contributed by atoms with Gasteiger partial charge in [-0.15, -0.1) is 0 Å². The zero-order chi connectivity index (χ0) is 22.0. The molecule has 31 heavy (non-hydrogen) atoms.